The van der Waals surface area contributed by atoms with Gasteiger partial charge in [-0.05, 0) is 61.4 Å². The van der Waals surface area contributed by atoms with Crippen LogP contribution in [-0.2, 0) is 16.6 Å². The Morgan fingerprint density at radius 1 is 1.07 bits per heavy atom. The molecule has 1 N–H and O–H groups in total. The predicted octanol–water partition coefficient (Wildman–Crippen LogP) is 3.33. The van der Waals surface area contributed by atoms with Gasteiger partial charge in [0.2, 0.25) is 10.0 Å². The summed E-state index contributed by atoms with van der Waals surface area (Å²) in [6, 6.07) is 12.2. The summed E-state index contributed by atoms with van der Waals surface area (Å²) in [5.74, 6) is 0.684. The summed E-state index contributed by atoms with van der Waals surface area (Å²) in [6.07, 6.45) is 5.05. The third kappa shape index (κ3) is 4.50. The Kier molecular flexibility index (Phi) is 5.83. The highest BCUT2D eigenvalue weighted by Crippen LogP contribution is 2.23. The van der Waals surface area contributed by atoms with E-state index in [1.165, 1.54) is 0 Å². The second kappa shape index (κ2) is 8.28. The summed E-state index contributed by atoms with van der Waals surface area (Å²) in [5, 5.41) is 0. The van der Waals surface area contributed by atoms with Gasteiger partial charge in [-0.2, -0.15) is 0 Å². The normalized spacial score (nSPS) is 11.3. The van der Waals surface area contributed by atoms with Crippen LogP contribution in [0.4, 0.5) is 0 Å². The van der Waals surface area contributed by atoms with E-state index < -0.39 is 10.0 Å². The molecule has 0 spiro atoms. The first-order chi connectivity index (χ1) is 13.0. The van der Waals surface area contributed by atoms with Crippen molar-refractivity contribution in [3.05, 3.63) is 72.2 Å². The van der Waals surface area contributed by atoms with Crippen LogP contribution >= 0.6 is 0 Å². The van der Waals surface area contributed by atoms with Crippen LogP contribution < -0.4 is 9.46 Å². The molecule has 6 nitrogen and oxygen atoms in total. The van der Waals surface area contributed by atoms with E-state index in [0.717, 1.165) is 22.4 Å². The average Bonchev–Trinajstić information content (AvgIpc) is 2.69. The van der Waals surface area contributed by atoms with Crippen LogP contribution in [-0.4, -0.2) is 25.0 Å². The van der Waals surface area contributed by atoms with E-state index in [9.17, 15) is 8.42 Å². The lowest BCUT2D eigenvalue weighted by atomic mass is 10.1. The van der Waals surface area contributed by atoms with Crippen molar-refractivity contribution in [1.82, 2.24) is 14.7 Å². The molecule has 0 aliphatic carbocycles. The molecule has 0 atom stereocenters. The van der Waals surface area contributed by atoms with Gasteiger partial charge in [0.25, 0.3) is 0 Å². The van der Waals surface area contributed by atoms with Crippen LogP contribution in [0.2, 0.25) is 0 Å². The minimum Gasteiger partial charge on any atom is -0.494 e. The summed E-state index contributed by atoms with van der Waals surface area (Å²) in [5.41, 5.74) is 3.18. The number of nitrogens with zero attached hydrogens (tertiary/aromatic N) is 2. The summed E-state index contributed by atoms with van der Waals surface area (Å²) in [4.78, 5) is 8.60. The monoisotopic (exact) mass is 383 g/mol. The van der Waals surface area contributed by atoms with Gasteiger partial charge in [0, 0.05) is 30.7 Å². The van der Waals surface area contributed by atoms with E-state index in [1.807, 2.05) is 32.0 Å². The summed E-state index contributed by atoms with van der Waals surface area (Å²) < 4.78 is 33.5. The summed E-state index contributed by atoms with van der Waals surface area (Å²) in [6.45, 7) is 4.39. The zero-order chi connectivity index (χ0) is 19.3. The molecule has 7 heteroatoms. The molecule has 0 unspecified atom stereocenters. The van der Waals surface area contributed by atoms with Crippen molar-refractivity contribution in [3.63, 3.8) is 0 Å². The number of nitrogens with one attached hydrogen (secondary N) is 1. The maximum absolute atomic E-state index is 12.7. The lowest BCUT2D eigenvalue weighted by molar-refractivity contribution is 0.337. The van der Waals surface area contributed by atoms with Gasteiger partial charge in [-0.3, -0.25) is 9.97 Å². The first-order valence-corrected chi connectivity index (χ1v) is 10.1. The molecule has 0 saturated carbocycles. The molecular formula is C20H21N3O3S. The second-order valence-corrected chi connectivity index (χ2v) is 7.70. The van der Waals surface area contributed by atoms with Crippen molar-refractivity contribution < 1.29 is 13.2 Å². The molecule has 2 aromatic heterocycles. The van der Waals surface area contributed by atoms with Crippen molar-refractivity contribution >= 4 is 10.0 Å². The van der Waals surface area contributed by atoms with Crippen LogP contribution in [0, 0.1) is 6.92 Å². The molecule has 0 amide bonds. The number of sulfonamides is 1. The van der Waals surface area contributed by atoms with Crippen molar-refractivity contribution in [2.24, 2.45) is 0 Å². The van der Waals surface area contributed by atoms with Crippen molar-refractivity contribution in [2.75, 3.05) is 6.61 Å². The van der Waals surface area contributed by atoms with Crippen LogP contribution in [0.5, 0.6) is 5.75 Å². The lowest BCUT2D eigenvalue weighted by Gasteiger charge is -2.12. The minimum absolute atomic E-state index is 0.139. The Labute approximate surface area is 159 Å². The number of benzene rings is 1. The van der Waals surface area contributed by atoms with E-state index in [0.29, 0.717) is 12.4 Å². The Morgan fingerprint density at radius 2 is 1.85 bits per heavy atom. The van der Waals surface area contributed by atoms with Gasteiger partial charge in [-0.25, -0.2) is 13.1 Å². The topological polar surface area (TPSA) is 81.2 Å². The number of aromatic nitrogens is 2. The number of rotatable bonds is 7. The van der Waals surface area contributed by atoms with Crippen LogP contribution in [0.25, 0.3) is 11.3 Å². The number of ether oxygens (including phenoxy) is 1. The Hall–Kier alpha value is -2.77. The smallest absolute Gasteiger partial charge is 0.240 e. The maximum atomic E-state index is 12.7. The SMILES string of the molecule is CCOc1ccc(S(=O)(=O)NCc2cccnc2-c2ccncc2)cc1C. The molecule has 0 bridgehead atoms. The quantitative estimate of drug-likeness (QED) is 0.677. The molecule has 3 rings (SSSR count). The zero-order valence-electron chi connectivity index (χ0n) is 15.2. The highest BCUT2D eigenvalue weighted by atomic mass is 32.2. The van der Waals surface area contributed by atoms with Gasteiger partial charge in [-0.15, -0.1) is 0 Å². The maximum Gasteiger partial charge on any atom is 0.240 e. The van der Waals surface area contributed by atoms with Crippen LogP contribution in [0.1, 0.15) is 18.1 Å². The van der Waals surface area contributed by atoms with E-state index in [-0.39, 0.29) is 11.4 Å². The number of hydrogen-bond acceptors (Lipinski definition) is 5. The van der Waals surface area contributed by atoms with Crippen molar-refractivity contribution in [2.45, 2.75) is 25.3 Å². The molecule has 0 fully saturated rings. The molecule has 0 radical (unpaired) electrons. The summed E-state index contributed by atoms with van der Waals surface area (Å²) >= 11 is 0. The molecule has 2 heterocycles. The highest BCUT2D eigenvalue weighted by molar-refractivity contribution is 7.89. The van der Waals surface area contributed by atoms with Crippen LogP contribution in [0.3, 0.4) is 0 Å². The third-order valence-corrected chi connectivity index (χ3v) is 5.45. The van der Waals surface area contributed by atoms with E-state index in [1.54, 1.807) is 42.9 Å². The number of hydrogen-bond donors (Lipinski definition) is 1. The number of aryl methyl sites for hydroxylation is 1. The van der Waals surface area contributed by atoms with Gasteiger partial charge in [0.15, 0.2) is 0 Å². The molecule has 0 saturated heterocycles. The number of pyridine rings is 2. The largest absolute Gasteiger partial charge is 0.494 e. The average molecular weight is 383 g/mol. The van der Waals surface area contributed by atoms with Gasteiger partial charge in [0.1, 0.15) is 5.75 Å². The van der Waals surface area contributed by atoms with Gasteiger partial charge >= 0.3 is 0 Å². The Morgan fingerprint density at radius 3 is 2.56 bits per heavy atom. The molecular weight excluding hydrogens is 362 g/mol. The first-order valence-electron chi connectivity index (χ1n) is 8.58. The molecule has 3 aromatic rings. The predicted molar refractivity (Wildman–Crippen MR) is 104 cm³/mol. The molecule has 27 heavy (non-hydrogen) atoms. The molecule has 1 aromatic carbocycles. The molecule has 0 aliphatic rings. The fraction of sp³-hybridized carbons (Fsp3) is 0.200. The van der Waals surface area contributed by atoms with Crippen LogP contribution in [0.15, 0.2) is 66.0 Å². The third-order valence-electron chi connectivity index (χ3n) is 4.05. The van der Waals surface area contributed by atoms with Gasteiger partial charge in [-0.1, -0.05) is 6.07 Å². The molecule has 140 valence electrons. The van der Waals surface area contributed by atoms with Gasteiger partial charge < -0.3 is 4.74 Å². The molecule has 0 aliphatic heterocycles. The van der Waals surface area contributed by atoms with Crippen molar-refractivity contribution in [1.29, 1.82) is 0 Å². The fourth-order valence-electron chi connectivity index (χ4n) is 2.71. The highest BCUT2D eigenvalue weighted by Gasteiger charge is 2.16. The Balaban J connectivity index is 1.82. The lowest BCUT2D eigenvalue weighted by Crippen LogP contribution is -2.23. The standard InChI is InChI=1S/C20H21N3O3S/c1-3-26-19-7-6-18(13-15(19)2)27(24,25)23-14-17-5-4-10-22-20(17)16-8-11-21-12-9-16/h4-13,23H,3,14H2,1-2H3. The van der Waals surface area contributed by atoms with Crippen molar-refractivity contribution in [3.8, 4) is 17.0 Å². The second-order valence-electron chi connectivity index (χ2n) is 5.93. The zero-order valence-corrected chi connectivity index (χ0v) is 16.0. The fourth-order valence-corrected chi connectivity index (χ4v) is 3.80. The Bertz CT molecular complexity index is 1020. The van der Waals surface area contributed by atoms with E-state index in [4.69, 9.17) is 4.74 Å². The first kappa shape index (κ1) is 19.0. The van der Waals surface area contributed by atoms with Gasteiger partial charge in [0.05, 0.1) is 17.2 Å². The minimum atomic E-state index is -3.66. The van der Waals surface area contributed by atoms with E-state index >= 15 is 0 Å². The summed E-state index contributed by atoms with van der Waals surface area (Å²) in [7, 11) is -3.66. The van der Waals surface area contributed by atoms with E-state index in [2.05, 4.69) is 14.7 Å².